The largest absolute Gasteiger partial charge is 0.320 e. The summed E-state index contributed by atoms with van der Waals surface area (Å²) in [5.74, 6) is -0.262. The van der Waals surface area contributed by atoms with Crippen LogP contribution in [0.15, 0.2) is 18.2 Å². The van der Waals surface area contributed by atoms with Crippen LogP contribution in [-0.4, -0.2) is 31.1 Å². The zero-order valence-corrected chi connectivity index (χ0v) is 12.2. The quantitative estimate of drug-likeness (QED) is 0.891. The first-order chi connectivity index (χ1) is 9.22. The molecule has 1 heterocycles. The summed E-state index contributed by atoms with van der Waals surface area (Å²) in [4.78, 5) is 2.40. The van der Waals surface area contributed by atoms with E-state index in [0.29, 0.717) is 18.2 Å². The van der Waals surface area contributed by atoms with Gasteiger partial charge in [0.05, 0.1) is 5.02 Å². The molecule has 1 atom stereocenters. The van der Waals surface area contributed by atoms with Crippen molar-refractivity contribution >= 4 is 11.6 Å². The van der Waals surface area contributed by atoms with Crippen molar-refractivity contribution in [2.75, 3.05) is 20.1 Å². The van der Waals surface area contributed by atoms with Crippen LogP contribution in [0, 0.1) is 5.82 Å². The van der Waals surface area contributed by atoms with Crippen LogP contribution in [0.4, 0.5) is 4.39 Å². The molecule has 4 heteroatoms. The van der Waals surface area contributed by atoms with Crippen molar-refractivity contribution in [1.29, 1.82) is 0 Å². The van der Waals surface area contributed by atoms with Gasteiger partial charge in [-0.3, -0.25) is 4.90 Å². The molecule has 0 aromatic heterocycles. The Balaban J connectivity index is 2.04. The van der Waals surface area contributed by atoms with Gasteiger partial charge < -0.3 is 5.32 Å². The lowest BCUT2D eigenvalue weighted by Crippen LogP contribution is -2.40. The number of rotatable bonds is 5. The van der Waals surface area contributed by atoms with E-state index in [1.54, 1.807) is 6.07 Å². The molecule has 0 aliphatic carbocycles. The van der Waals surface area contributed by atoms with Crippen molar-refractivity contribution in [3.8, 4) is 0 Å². The molecule has 1 N–H and O–H groups in total. The van der Waals surface area contributed by atoms with Gasteiger partial charge in [-0.25, -0.2) is 4.39 Å². The summed E-state index contributed by atoms with van der Waals surface area (Å²) in [7, 11) is 1.98. The number of piperidine rings is 1. The Kier molecular flexibility index (Phi) is 5.61. The highest BCUT2D eigenvalue weighted by molar-refractivity contribution is 6.30. The Morgan fingerprint density at radius 2 is 2.26 bits per heavy atom. The first-order valence-electron chi connectivity index (χ1n) is 7.04. The van der Waals surface area contributed by atoms with Gasteiger partial charge in [-0.1, -0.05) is 30.2 Å². The van der Waals surface area contributed by atoms with Gasteiger partial charge in [0.2, 0.25) is 0 Å². The average Bonchev–Trinajstić information content (AvgIpc) is 2.43. The van der Waals surface area contributed by atoms with E-state index in [0.717, 1.165) is 19.5 Å². The summed E-state index contributed by atoms with van der Waals surface area (Å²) in [6.45, 7) is 2.74. The van der Waals surface area contributed by atoms with Crippen LogP contribution in [0.3, 0.4) is 0 Å². The molecule has 1 fully saturated rings. The number of nitrogens with one attached hydrogen (secondary N) is 1. The fraction of sp³-hybridized carbons (Fsp3) is 0.600. The first kappa shape index (κ1) is 14.8. The standard InChI is InChI=1S/C15H22ClFN2/c1-18-9-8-13-6-2-3-10-19(13)11-12-5-4-7-14(16)15(12)17/h4-5,7,13,18H,2-3,6,8-11H2,1H3. The molecule has 2 nitrogen and oxygen atoms in total. The zero-order valence-electron chi connectivity index (χ0n) is 11.5. The maximum atomic E-state index is 14.0. The molecule has 0 bridgehead atoms. The van der Waals surface area contributed by atoms with Crippen LogP contribution in [-0.2, 0) is 6.54 Å². The van der Waals surface area contributed by atoms with E-state index in [4.69, 9.17) is 11.6 Å². The predicted molar refractivity (Wildman–Crippen MR) is 78.0 cm³/mol. The number of hydrogen-bond donors (Lipinski definition) is 1. The van der Waals surface area contributed by atoms with Gasteiger partial charge in [0.15, 0.2) is 0 Å². The Hall–Kier alpha value is -0.640. The summed E-state index contributed by atoms with van der Waals surface area (Å²) in [6, 6.07) is 5.83. The van der Waals surface area contributed by atoms with Crippen molar-refractivity contribution in [2.45, 2.75) is 38.3 Å². The van der Waals surface area contributed by atoms with E-state index in [-0.39, 0.29) is 10.8 Å². The minimum atomic E-state index is -0.262. The monoisotopic (exact) mass is 284 g/mol. The second-order valence-corrected chi connectivity index (χ2v) is 5.63. The molecule has 19 heavy (non-hydrogen) atoms. The second-order valence-electron chi connectivity index (χ2n) is 5.23. The maximum Gasteiger partial charge on any atom is 0.146 e. The molecule has 1 aromatic rings. The molecule has 1 aliphatic rings. The third kappa shape index (κ3) is 3.91. The molecule has 1 saturated heterocycles. The van der Waals surface area contributed by atoms with Crippen LogP contribution in [0.1, 0.15) is 31.2 Å². The summed E-state index contributed by atoms with van der Waals surface area (Å²) in [5, 5.41) is 3.42. The fourth-order valence-electron chi connectivity index (χ4n) is 2.80. The van der Waals surface area contributed by atoms with Gasteiger partial charge in [-0.15, -0.1) is 0 Å². The molecule has 1 unspecified atom stereocenters. The topological polar surface area (TPSA) is 15.3 Å². The number of hydrogen-bond acceptors (Lipinski definition) is 2. The Morgan fingerprint density at radius 1 is 1.42 bits per heavy atom. The summed E-state index contributed by atoms with van der Waals surface area (Å²) in [6.07, 6.45) is 4.82. The lowest BCUT2D eigenvalue weighted by Gasteiger charge is -2.36. The SMILES string of the molecule is CNCCC1CCCCN1Cc1cccc(Cl)c1F. The zero-order chi connectivity index (χ0) is 13.7. The average molecular weight is 285 g/mol. The lowest BCUT2D eigenvalue weighted by atomic mass is 9.98. The Labute approximate surface area is 119 Å². The number of halogens is 2. The molecule has 0 amide bonds. The van der Waals surface area contributed by atoms with Gasteiger partial charge in [-0.05, 0) is 45.5 Å². The van der Waals surface area contributed by atoms with Gasteiger partial charge in [-0.2, -0.15) is 0 Å². The van der Waals surface area contributed by atoms with Crippen molar-refractivity contribution in [2.24, 2.45) is 0 Å². The second kappa shape index (κ2) is 7.22. The highest BCUT2D eigenvalue weighted by Crippen LogP contribution is 2.24. The van der Waals surface area contributed by atoms with E-state index in [1.165, 1.54) is 19.3 Å². The molecule has 106 valence electrons. The van der Waals surface area contributed by atoms with Gasteiger partial charge >= 0.3 is 0 Å². The fourth-order valence-corrected chi connectivity index (χ4v) is 2.99. The summed E-state index contributed by atoms with van der Waals surface area (Å²) >= 11 is 5.85. The normalized spacial score (nSPS) is 20.7. The van der Waals surface area contributed by atoms with E-state index in [1.807, 2.05) is 19.2 Å². The van der Waals surface area contributed by atoms with E-state index < -0.39 is 0 Å². The highest BCUT2D eigenvalue weighted by atomic mass is 35.5. The minimum Gasteiger partial charge on any atom is -0.320 e. The Morgan fingerprint density at radius 3 is 3.05 bits per heavy atom. The first-order valence-corrected chi connectivity index (χ1v) is 7.41. The number of nitrogens with zero attached hydrogens (tertiary/aromatic N) is 1. The van der Waals surface area contributed by atoms with Crippen molar-refractivity contribution < 1.29 is 4.39 Å². The van der Waals surface area contributed by atoms with Crippen LogP contribution >= 0.6 is 11.6 Å². The van der Waals surface area contributed by atoms with E-state index >= 15 is 0 Å². The molecule has 2 rings (SSSR count). The number of benzene rings is 1. The molecular weight excluding hydrogens is 263 g/mol. The van der Waals surface area contributed by atoms with Crippen molar-refractivity contribution in [3.63, 3.8) is 0 Å². The summed E-state index contributed by atoms with van der Waals surface area (Å²) < 4.78 is 14.0. The van der Waals surface area contributed by atoms with Gasteiger partial charge in [0.25, 0.3) is 0 Å². The highest BCUT2D eigenvalue weighted by Gasteiger charge is 2.23. The Bertz CT molecular complexity index is 411. The van der Waals surface area contributed by atoms with Crippen LogP contribution in [0.5, 0.6) is 0 Å². The van der Waals surface area contributed by atoms with E-state index in [9.17, 15) is 4.39 Å². The molecule has 1 aliphatic heterocycles. The lowest BCUT2D eigenvalue weighted by molar-refractivity contribution is 0.131. The summed E-state index contributed by atoms with van der Waals surface area (Å²) in [5.41, 5.74) is 0.712. The van der Waals surface area contributed by atoms with Gasteiger partial charge in [0.1, 0.15) is 5.82 Å². The maximum absolute atomic E-state index is 14.0. The van der Waals surface area contributed by atoms with Crippen molar-refractivity contribution in [3.05, 3.63) is 34.6 Å². The molecule has 0 spiro atoms. The van der Waals surface area contributed by atoms with Crippen LogP contribution < -0.4 is 5.32 Å². The van der Waals surface area contributed by atoms with Crippen molar-refractivity contribution in [1.82, 2.24) is 10.2 Å². The molecule has 0 saturated carbocycles. The van der Waals surface area contributed by atoms with Crippen LogP contribution in [0.2, 0.25) is 5.02 Å². The van der Waals surface area contributed by atoms with E-state index in [2.05, 4.69) is 10.2 Å². The van der Waals surface area contributed by atoms with Gasteiger partial charge in [0, 0.05) is 18.2 Å². The minimum absolute atomic E-state index is 0.223. The molecular formula is C15H22ClFN2. The molecule has 0 radical (unpaired) electrons. The smallest absolute Gasteiger partial charge is 0.146 e. The third-order valence-corrected chi connectivity index (χ3v) is 4.17. The van der Waals surface area contributed by atoms with Crippen LogP contribution in [0.25, 0.3) is 0 Å². The number of likely N-dealkylation sites (tertiary alicyclic amines) is 1. The predicted octanol–water partition coefficient (Wildman–Crippen LogP) is 3.44. The molecule has 1 aromatic carbocycles. The third-order valence-electron chi connectivity index (χ3n) is 3.88.